The Morgan fingerprint density at radius 1 is 1.58 bits per heavy atom. The number of aryl methyl sites for hydroxylation is 1. The molecule has 1 N–H and O–H groups in total. The molecule has 1 aromatic heterocycles. The summed E-state index contributed by atoms with van der Waals surface area (Å²) in [5.41, 5.74) is 0.145. The highest BCUT2D eigenvalue weighted by Gasteiger charge is 2.39. The molecule has 19 heavy (non-hydrogen) atoms. The number of methoxy groups -OCH3 is 1. The van der Waals surface area contributed by atoms with E-state index in [2.05, 4.69) is 9.69 Å². The second-order valence-corrected chi connectivity index (χ2v) is 5.91. The summed E-state index contributed by atoms with van der Waals surface area (Å²) in [5.74, 6) is -0.139. The highest BCUT2D eigenvalue weighted by Crippen LogP contribution is 2.28. The minimum Gasteiger partial charge on any atom is -0.381 e. The van der Waals surface area contributed by atoms with Crippen LogP contribution in [0.2, 0.25) is 0 Å². The lowest BCUT2D eigenvalue weighted by molar-refractivity contribution is -0.105. The molecule has 1 fully saturated rings. The molecule has 1 unspecified atom stereocenters. The van der Waals surface area contributed by atoms with Crippen LogP contribution in [-0.2, 0) is 9.47 Å². The first kappa shape index (κ1) is 14.4. The summed E-state index contributed by atoms with van der Waals surface area (Å²) < 4.78 is 15.2. The predicted molar refractivity (Wildman–Crippen MR) is 73.6 cm³/mol. The van der Waals surface area contributed by atoms with Crippen LogP contribution in [0.4, 0.5) is 0 Å². The molecule has 2 heterocycles. The van der Waals surface area contributed by atoms with E-state index < -0.39 is 0 Å². The summed E-state index contributed by atoms with van der Waals surface area (Å²) in [6, 6.07) is 1.73. The van der Waals surface area contributed by atoms with Crippen molar-refractivity contribution in [3.63, 3.8) is 0 Å². The monoisotopic (exact) mass is 284 g/mol. The van der Waals surface area contributed by atoms with E-state index in [0.717, 1.165) is 17.7 Å². The number of carbonyl (C=O) groups is 1. The molecule has 0 bridgehead atoms. The molecule has 0 radical (unpaired) electrons. The molecule has 1 atom stereocenters. The highest BCUT2D eigenvalue weighted by atomic mass is 32.1. The maximum atomic E-state index is 12.1. The number of aromatic nitrogens is 1. The van der Waals surface area contributed by atoms with Gasteiger partial charge < -0.3 is 14.8 Å². The zero-order chi connectivity index (χ0) is 13.9. The van der Waals surface area contributed by atoms with E-state index in [0.29, 0.717) is 18.9 Å². The Hall–Kier alpha value is -0.980. The van der Waals surface area contributed by atoms with Crippen LogP contribution in [0.25, 0.3) is 0 Å². The SMILES string of the molecule is COC1(C(C)NC(=O)c2cc(C)sn2)CCOCC1. The van der Waals surface area contributed by atoms with Gasteiger partial charge in [0.05, 0.1) is 11.6 Å². The number of nitrogens with one attached hydrogen (secondary N) is 1. The van der Waals surface area contributed by atoms with Gasteiger partial charge in [0.15, 0.2) is 0 Å². The third-order valence-corrected chi connectivity index (χ3v) is 4.44. The maximum Gasteiger partial charge on any atom is 0.271 e. The number of ether oxygens (including phenoxy) is 2. The van der Waals surface area contributed by atoms with Gasteiger partial charge in [0.1, 0.15) is 5.69 Å². The first-order chi connectivity index (χ1) is 9.07. The number of rotatable bonds is 4. The molecule has 106 valence electrons. The van der Waals surface area contributed by atoms with Crippen molar-refractivity contribution in [3.8, 4) is 0 Å². The van der Waals surface area contributed by atoms with Gasteiger partial charge in [-0.25, -0.2) is 0 Å². The molecular weight excluding hydrogens is 264 g/mol. The number of carbonyl (C=O) groups excluding carboxylic acids is 1. The predicted octanol–water partition coefficient (Wildman–Crippen LogP) is 1.77. The number of nitrogens with zero attached hydrogens (tertiary/aromatic N) is 1. The van der Waals surface area contributed by atoms with Gasteiger partial charge in [-0.15, -0.1) is 0 Å². The Kier molecular flexibility index (Phi) is 4.54. The zero-order valence-corrected chi connectivity index (χ0v) is 12.4. The van der Waals surface area contributed by atoms with Gasteiger partial charge in [0.25, 0.3) is 5.91 Å². The lowest BCUT2D eigenvalue weighted by atomic mass is 9.87. The number of hydrogen-bond donors (Lipinski definition) is 1. The largest absolute Gasteiger partial charge is 0.381 e. The smallest absolute Gasteiger partial charge is 0.271 e. The number of hydrogen-bond acceptors (Lipinski definition) is 5. The average molecular weight is 284 g/mol. The molecular formula is C13H20N2O3S. The van der Waals surface area contributed by atoms with E-state index in [-0.39, 0.29) is 17.6 Å². The van der Waals surface area contributed by atoms with E-state index in [9.17, 15) is 4.79 Å². The molecule has 1 saturated heterocycles. The van der Waals surface area contributed by atoms with E-state index in [1.165, 1.54) is 11.5 Å². The fourth-order valence-electron chi connectivity index (χ4n) is 2.41. The fourth-order valence-corrected chi connectivity index (χ4v) is 2.95. The molecule has 1 aliphatic heterocycles. The van der Waals surface area contributed by atoms with E-state index in [1.807, 2.05) is 13.8 Å². The van der Waals surface area contributed by atoms with Crippen molar-refractivity contribution >= 4 is 17.4 Å². The zero-order valence-electron chi connectivity index (χ0n) is 11.6. The quantitative estimate of drug-likeness (QED) is 0.915. The third kappa shape index (κ3) is 3.13. The summed E-state index contributed by atoms with van der Waals surface area (Å²) in [6.45, 7) is 5.26. The summed E-state index contributed by atoms with van der Waals surface area (Å²) >= 11 is 1.34. The summed E-state index contributed by atoms with van der Waals surface area (Å²) in [5, 5.41) is 3.00. The van der Waals surface area contributed by atoms with Crippen molar-refractivity contribution in [1.29, 1.82) is 0 Å². The van der Waals surface area contributed by atoms with E-state index in [1.54, 1.807) is 13.2 Å². The second kappa shape index (κ2) is 5.98. The Morgan fingerprint density at radius 2 is 2.26 bits per heavy atom. The van der Waals surface area contributed by atoms with Crippen LogP contribution in [0.1, 0.15) is 35.1 Å². The molecule has 1 amide bonds. The first-order valence-corrected chi connectivity index (χ1v) is 7.22. The van der Waals surface area contributed by atoms with Crippen LogP contribution in [0.3, 0.4) is 0 Å². The molecule has 0 saturated carbocycles. The van der Waals surface area contributed by atoms with Crippen molar-refractivity contribution < 1.29 is 14.3 Å². The van der Waals surface area contributed by atoms with Crippen LogP contribution in [0.5, 0.6) is 0 Å². The molecule has 1 aliphatic rings. The summed E-state index contributed by atoms with van der Waals surface area (Å²) in [6.07, 6.45) is 1.59. The molecule has 0 aliphatic carbocycles. The van der Waals surface area contributed by atoms with Gasteiger partial charge in [-0.3, -0.25) is 4.79 Å². The highest BCUT2D eigenvalue weighted by molar-refractivity contribution is 7.05. The molecule has 5 nitrogen and oxygen atoms in total. The summed E-state index contributed by atoms with van der Waals surface area (Å²) in [4.78, 5) is 13.1. The Labute approximate surface area is 117 Å². The van der Waals surface area contributed by atoms with Crippen molar-refractivity contribution in [2.24, 2.45) is 0 Å². The van der Waals surface area contributed by atoms with Crippen LogP contribution >= 0.6 is 11.5 Å². The van der Waals surface area contributed by atoms with Gasteiger partial charge in [-0.2, -0.15) is 4.37 Å². The molecule has 0 spiro atoms. The van der Waals surface area contributed by atoms with Gasteiger partial charge in [-0.05, 0) is 31.4 Å². The van der Waals surface area contributed by atoms with Gasteiger partial charge in [0, 0.05) is 38.0 Å². The summed E-state index contributed by atoms with van der Waals surface area (Å²) in [7, 11) is 1.70. The fraction of sp³-hybridized carbons (Fsp3) is 0.692. The second-order valence-electron chi connectivity index (χ2n) is 4.90. The van der Waals surface area contributed by atoms with Crippen LogP contribution in [0, 0.1) is 6.92 Å². The van der Waals surface area contributed by atoms with Crippen molar-refractivity contribution in [3.05, 3.63) is 16.6 Å². The Bertz CT molecular complexity index is 441. The van der Waals surface area contributed by atoms with Crippen molar-refractivity contribution in [1.82, 2.24) is 9.69 Å². The molecule has 6 heteroatoms. The van der Waals surface area contributed by atoms with Crippen LogP contribution in [0.15, 0.2) is 6.07 Å². The normalized spacial score (nSPS) is 19.9. The van der Waals surface area contributed by atoms with E-state index in [4.69, 9.17) is 9.47 Å². The average Bonchev–Trinajstić information content (AvgIpc) is 2.86. The Morgan fingerprint density at radius 3 is 2.79 bits per heavy atom. The first-order valence-electron chi connectivity index (χ1n) is 6.44. The third-order valence-electron chi connectivity index (χ3n) is 3.74. The van der Waals surface area contributed by atoms with E-state index >= 15 is 0 Å². The van der Waals surface area contributed by atoms with Crippen LogP contribution < -0.4 is 5.32 Å². The van der Waals surface area contributed by atoms with Gasteiger partial charge >= 0.3 is 0 Å². The molecule has 0 aromatic carbocycles. The minimum atomic E-state index is -0.334. The molecule has 1 aromatic rings. The standard InChI is InChI=1S/C13H20N2O3S/c1-9-8-11(15-19-9)12(16)14-10(2)13(17-3)4-6-18-7-5-13/h8,10H,4-7H2,1-3H3,(H,14,16). The Balaban J connectivity index is 2.02. The minimum absolute atomic E-state index is 0.0732. The van der Waals surface area contributed by atoms with Gasteiger partial charge in [0.2, 0.25) is 0 Å². The van der Waals surface area contributed by atoms with Crippen molar-refractivity contribution in [2.45, 2.75) is 38.3 Å². The topological polar surface area (TPSA) is 60.5 Å². The number of amides is 1. The lowest BCUT2D eigenvalue weighted by Gasteiger charge is -2.40. The lowest BCUT2D eigenvalue weighted by Crippen LogP contribution is -2.55. The maximum absolute atomic E-state index is 12.1. The van der Waals surface area contributed by atoms with Crippen molar-refractivity contribution in [2.75, 3.05) is 20.3 Å². The molecule has 2 rings (SSSR count). The van der Waals surface area contributed by atoms with Gasteiger partial charge in [-0.1, -0.05) is 0 Å². The van der Waals surface area contributed by atoms with Crippen LogP contribution in [-0.4, -0.2) is 42.2 Å².